The van der Waals surface area contributed by atoms with Crippen LogP contribution >= 0.6 is 0 Å². The third kappa shape index (κ3) is 7.96. The molecule has 1 saturated heterocycles. The Morgan fingerprint density at radius 2 is 2.00 bits per heavy atom. The summed E-state index contributed by atoms with van der Waals surface area (Å²) in [6, 6.07) is 7.54. The van der Waals surface area contributed by atoms with E-state index in [-0.39, 0.29) is 13.0 Å². The largest absolute Gasteiger partial charge is 0.494 e. The van der Waals surface area contributed by atoms with E-state index in [1.165, 1.54) is 6.42 Å². The number of hydrogen-bond donors (Lipinski definition) is 2. The van der Waals surface area contributed by atoms with Crippen LogP contribution in [0.15, 0.2) is 29.3 Å². The smallest absolute Gasteiger partial charge is 0.389 e. The van der Waals surface area contributed by atoms with E-state index in [2.05, 4.69) is 17.1 Å². The number of halogens is 3. The number of likely N-dealkylation sites (tertiary alicyclic amines) is 1. The van der Waals surface area contributed by atoms with Gasteiger partial charge in [-0.1, -0.05) is 0 Å². The number of piperidine rings is 1. The van der Waals surface area contributed by atoms with Crippen molar-refractivity contribution in [1.29, 1.82) is 0 Å². The van der Waals surface area contributed by atoms with Gasteiger partial charge in [0.05, 0.1) is 12.3 Å². The molecule has 5 nitrogen and oxygen atoms in total. The van der Waals surface area contributed by atoms with Crippen molar-refractivity contribution in [2.75, 3.05) is 26.2 Å². The number of hydrogen-bond acceptors (Lipinski definition) is 3. The molecule has 3 N–H and O–H groups in total. The number of rotatable bonds is 8. The Morgan fingerprint density at radius 1 is 1.25 bits per heavy atom. The Morgan fingerprint density at radius 3 is 2.64 bits per heavy atom. The Balaban J connectivity index is 1.97. The highest BCUT2D eigenvalue weighted by atomic mass is 19.4. The summed E-state index contributed by atoms with van der Waals surface area (Å²) in [4.78, 5) is 7.05. The average molecular weight is 400 g/mol. The number of aliphatic imine (C=N–C) groups is 1. The molecule has 1 aliphatic heterocycles. The fourth-order valence-electron chi connectivity index (χ4n) is 3.12. The van der Waals surface area contributed by atoms with Gasteiger partial charge in [0.2, 0.25) is 0 Å². The van der Waals surface area contributed by atoms with Crippen molar-refractivity contribution in [1.82, 2.24) is 10.2 Å². The molecule has 0 amide bonds. The molecule has 2 rings (SSSR count). The molecule has 0 aromatic heterocycles. The topological polar surface area (TPSA) is 62.9 Å². The zero-order valence-corrected chi connectivity index (χ0v) is 16.5. The summed E-state index contributed by atoms with van der Waals surface area (Å²) in [5.41, 5.74) is 6.37. The third-order valence-corrected chi connectivity index (χ3v) is 4.68. The Kier molecular flexibility index (Phi) is 8.89. The van der Waals surface area contributed by atoms with E-state index >= 15 is 0 Å². The molecule has 1 fully saturated rings. The van der Waals surface area contributed by atoms with Gasteiger partial charge in [-0.2, -0.15) is 13.2 Å². The molecular formula is C20H31F3N4O. The molecular weight excluding hydrogens is 369 g/mol. The predicted molar refractivity (Wildman–Crippen MR) is 106 cm³/mol. The Bertz CT molecular complexity index is 604. The monoisotopic (exact) mass is 400 g/mol. The van der Waals surface area contributed by atoms with Gasteiger partial charge in [-0.25, -0.2) is 4.99 Å². The summed E-state index contributed by atoms with van der Waals surface area (Å²) in [6.07, 6.45) is -0.636. The van der Waals surface area contributed by atoms with Crippen molar-refractivity contribution in [2.24, 2.45) is 10.7 Å². The molecule has 1 aromatic carbocycles. The van der Waals surface area contributed by atoms with Crippen LogP contribution in [-0.2, 0) is 0 Å². The standard InChI is InChI=1S/C20H31F3N4O/c1-16-6-2-3-14-27(16)19(25-13-5-12-24)26-17-7-9-18(10-8-17)28-15-4-11-20(21,22)23/h7-10,16H,2-6,11-15,24H2,1H3,(H,25,26). The maximum Gasteiger partial charge on any atom is 0.389 e. The number of nitrogens with zero attached hydrogens (tertiary/aromatic N) is 2. The minimum absolute atomic E-state index is 0.0410. The number of nitrogens with one attached hydrogen (secondary N) is 1. The third-order valence-electron chi connectivity index (χ3n) is 4.68. The van der Waals surface area contributed by atoms with E-state index in [1.54, 1.807) is 12.1 Å². The number of guanidine groups is 1. The second-order valence-corrected chi connectivity index (χ2v) is 7.10. The van der Waals surface area contributed by atoms with Gasteiger partial charge in [0.1, 0.15) is 5.75 Å². The van der Waals surface area contributed by atoms with Crippen LogP contribution in [-0.4, -0.2) is 49.3 Å². The van der Waals surface area contributed by atoms with E-state index < -0.39 is 12.6 Å². The van der Waals surface area contributed by atoms with Crippen molar-refractivity contribution in [3.63, 3.8) is 0 Å². The van der Waals surface area contributed by atoms with E-state index in [4.69, 9.17) is 15.5 Å². The summed E-state index contributed by atoms with van der Waals surface area (Å²) in [5.74, 6) is 1.39. The first-order chi connectivity index (χ1) is 13.4. The number of nitrogens with two attached hydrogens (primary N) is 1. The van der Waals surface area contributed by atoms with Gasteiger partial charge in [-0.15, -0.1) is 0 Å². The van der Waals surface area contributed by atoms with Gasteiger partial charge in [0.25, 0.3) is 0 Å². The van der Waals surface area contributed by atoms with Crippen LogP contribution in [0, 0.1) is 0 Å². The molecule has 1 unspecified atom stereocenters. The van der Waals surface area contributed by atoms with Crippen LogP contribution in [0.5, 0.6) is 5.75 Å². The number of benzene rings is 1. The van der Waals surface area contributed by atoms with Gasteiger partial charge in [-0.05, 0) is 69.8 Å². The van der Waals surface area contributed by atoms with Crippen LogP contribution in [0.25, 0.3) is 0 Å². The quantitative estimate of drug-likeness (QED) is 0.390. The zero-order valence-electron chi connectivity index (χ0n) is 16.5. The highest BCUT2D eigenvalue weighted by Gasteiger charge is 2.26. The maximum absolute atomic E-state index is 12.2. The van der Waals surface area contributed by atoms with Gasteiger partial charge >= 0.3 is 6.18 Å². The maximum atomic E-state index is 12.2. The van der Waals surface area contributed by atoms with E-state index in [0.717, 1.165) is 44.0 Å². The van der Waals surface area contributed by atoms with Crippen LogP contribution in [0.1, 0.15) is 45.4 Å². The van der Waals surface area contributed by atoms with Crippen molar-refractivity contribution in [3.05, 3.63) is 24.3 Å². The lowest BCUT2D eigenvalue weighted by molar-refractivity contribution is -0.136. The van der Waals surface area contributed by atoms with Crippen LogP contribution < -0.4 is 15.8 Å². The summed E-state index contributed by atoms with van der Waals surface area (Å²) in [6.45, 7) is 4.60. The lowest BCUT2D eigenvalue weighted by Crippen LogP contribution is -2.48. The van der Waals surface area contributed by atoms with E-state index in [9.17, 15) is 13.2 Å². The van der Waals surface area contributed by atoms with Crippen LogP contribution in [0.4, 0.5) is 18.9 Å². The first kappa shape index (κ1) is 22.3. The fraction of sp³-hybridized carbons (Fsp3) is 0.650. The molecule has 0 bridgehead atoms. The average Bonchev–Trinajstić information content (AvgIpc) is 2.65. The normalized spacial score (nSPS) is 18.2. The minimum Gasteiger partial charge on any atom is -0.494 e. The minimum atomic E-state index is -4.14. The second kappa shape index (κ2) is 11.1. The summed E-state index contributed by atoms with van der Waals surface area (Å²) < 4.78 is 41.9. The Labute approximate surface area is 165 Å². The fourth-order valence-corrected chi connectivity index (χ4v) is 3.12. The first-order valence-electron chi connectivity index (χ1n) is 9.98. The van der Waals surface area contributed by atoms with Crippen LogP contribution in [0.2, 0.25) is 0 Å². The molecule has 158 valence electrons. The molecule has 0 saturated carbocycles. The van der Waals surface area contributed by atoms with Crippen molar-refractivity contribution < 1.29 is 17.9 Å². The van der Waals surface area contributed by atoms with Gasteiger partial charge in [0, 0.05) is 25.6 Å². The van der Waals surface area contributed by atoms with Gasteiger partial charge < -0.3 is 20.7 Å². The highest BCUT2D eigenvalue weighted by molar-refractivity contribution is 5.83. The summed E-state index contributed by atoms with van der Waals surface area (Å²) in [7, 11) is 0. The Hall–Kier alpha value is -1.96. The lowest BCUT2D eigenvalue weighted by Gasteiger charge is -2.36. The summed E-state index contributed by atoms with van der Waals surface area (Å²) >= 11 is 0. The SMILES string of the molecule is CC1CCCCN1/C(=N/c1ccc(OCCCC(F)(F)F)cc1)NCCCN. The van der Waals surface area contributed by atoms with Crippen LogP contribution in [0.3, 0.4) is 0 Å². The van der Waals surface area contributed by atoms with Crippen molar-refractivity contribution >= 4 is 11.6 Å². The molecule has 0 spiro atoms. The van der Waals surface area contributed by atoms with E-state index in [1.807, 2.05) is 12.1 Å². The molecule has 28 heavy (non-hydrogen) atoms. The summed E-state index contributed by atoms with van der Waals surface area (Å²) in [5, 5.41) is 3.40. The number of alkyl halides is 3. The van der Waals surface area contributed by atoms with Crippen molar-refractivity contribution in [2.45, 2.75) is 57.7 Å². The first-order valence-corrected chi connectivity index (χ1v) is 9.98. The molecule has 0 aliphatic carbocycles. The molecule has 1 atom stereocenters. The molecule has 0 radical (unpaired) electrons. The second-order valence-electron chi connectivity index (χ2n) is 7.10. The van der Waals surface area contributed by atoms with E-state index in [0.29, 0.717) is 18.3 Å². The lowest BCUT2D eigenvalue weighted by atomic mass is 10.0. The highest BCUT2D eigenvalue weighted by Crippen LogP contribution is 2.23. The predicted octanol–water partition coefficient (Wildman–Crippen LogP) is 4.21. The molecule has 8 heteroatoms. The molecule has 1 heterocycles. The van der Waals surface area contributed by atoms with Gasteiger partial charge in [0.15, 0.2) is 5.96 Å². The zero-order chi connectivity index (χ0) is 20.4. The molecule has 1 aliphatic rings. The van der Waals surface area contributed by atoms with Crippen molar-refractivity contribution in [3.8, 4) is 5.75 Å². The molecule has 1 aromatic rings. The van der Waals surface area contributed by atoms with Gasteiger partial charge in [-0.3, -0.25) is 0 Å². The number of ether oxygens (including phenoxy) is 1.